The number of rotatable bonds is 4. The lowest BCUT2D eigenvalue weighted by molar-refractivity contribution is 0.282. The molecular weight excluding hydrogens is 210 g/mol. The average Bonchev–Trinajstić information content (AvgIpc) is 2.85. The first-order valence-electron chi connectivity index (χ1n) is 6.73. The van der Waals surface area contributed by atoms with E-state index in [9.17, 15) is 0 Å². The molecule has 0 aliphatic heterocycles. The monoisotopic (exact) mass is 233 g/mol. The standard InChI is InChI=1S/C15H23NO/c1-3-16(14-6-4-5-7-14)15-9-8-13(11-17)10-12(15)2/h8-10,14,17H,3-7,11H2,1-2H3. The molecule has 0 atom stereocenters. The Kier molecular flexibility index (Phi) is 4.06. The van der Waals surface area contributed by atoms with Crippen LogP contribution in [0.4, 0.5) is 5.69 Å². The predicted molar refractivity (Wildman–Crippen MR) is 72.4 cm³/mol. The molecule has 1 aromatic rings. The Bertz CT molecular complexity index is 369. The maximum atomic E-state index is 9.15. The number of hydrogen-bond donors (Lipinski definition) is 1. The van der Waals surface area contributed by atoms with Crippen molar-refractivity contribution in [2.45, 2.75) is 52.2 Å². The van der Waals surface area contributed by atoms with Gasteiger partial charge in [-0.2, -0.15) is 0 Å². The van der Waals surface area contributed by atoms with Crippen molar-refractivity contribution >= 4 is 5.69 Å². The molecule has 0 heterocycles. The van der Waals surface area contributed by atoms with Gasteiger partial charge in [-0.05, 0) is 43.9 Å². The van der Waals surface area contributed by atoms with Gasteiger partial charge in [-0.15, -0.1) is 0 Å². The molecule has 1 aliphatic rings. The third-order valence-electron chi connectivity index (χ3n) is 3.86. The number of aliphatic hydroxyl groups is 1. The van der Waals surface area contributed by atoms with Gasteiger partial charge in [-0.3, -0.25) is 0 Å². The van der Waals surface area contributed by atoms with Gasteiger partial charge in [0.15, 0.2) is 0 Å². The molecule has 94 valence electrons. The van der Waals surface area contributed by atoms with Crippen molar-refractivity contribution in [1.29, 1.82) is 0 Å². The van der Waals surface area contributed by atoms with Crippen molar-refractivity contribution in [3.63, 3.8) is 0 Å². The largest absolute Gasteiger partial charge is 0.392 e. The van der Waals surface area contributed by atoms with E-state index >= 15 is 0 Å². The fourth-order valence-electron chi connectivity index (χ4n) is 2.98. The Hall–Kier alpha value is -1.02. The van der Waals surface area contributed by atoms with E-state index < -0.39 is 0 Å². The number of anilines is 1. The average molecular weight is 233 g/mol. The van der Waals surface area contributed by atoms with E-state index in [1.54, 1.807) is 0 Å². The zero-order valence-electron chi connectivity index (χ0n) is 10.9. The molecule has 17 heavy (non-hydrogen) atoms. The first kappa shape index (κ1) is 12.4. The van der Waals surface area contributed by atoms with Crippen LogP contribution in [0.25, 0.3) is 0 Å². The molecule has 1 aromatic carbocycles. The minimum absolute atomic E-state index is 0.136. The highest BCUT2D eigenvalue weighted by atomic mass is 16.3. The summed E-state index contributed by atoms with van der Waals surface area (Å²) in [5, 5.41) is 9.15. The zero-order valence-corrected chi connectivity index (χ0v) is 10.9. The highest BCUT2D eigenvalue weighted by Crippen LogP contribution is 2.30. The van der Waals surface area contributed by atoms with Crippen molar-refractivity contribution in [3.8, 4) is 0 Å². The van der Waals surface area contributed by atoms with Crippen LogP contribution in [0.5, 0.6) is 0 Å². The molecule has 0 radical (unpaired) electrons. The molecule has 0 aromatic heterocycles. The lowest BCUT2D eigenvalue weighted by atomic mass is 10.1. The normalized spacial score (nSPS) is 16.4. The maximum Gasteiger partial charge on any atom is 0.0681 e. The smallest absolute Gasteiger partial charge is 0.0681 e. The Morgan fingerprint density at radius 3 is 2.53 bits per heavy atom. The van der Waals surface area contributed by atoms with Crippen molar-refractivity contribution < 1.29 is 5.11 Å². The number of nitrogens with zero attached hydrogens (tertiary/aromatic N) is 1. The van der Waals surface area contributed by atoms with E-state index in [-0.39, 0.29) is 6.61 Å². The predicted octanol–water partition coefficient (Wildman–Crippen LogP) is 3.26. The van der Waals surface area contributed by atoms with Crippen LogP contribution in [0.2, 0.25) is 0 Å². The van der Waals surface area contributed by atoms with E-state index in [2.05, 4.69) is 30.9 Å². The lowest BCUT2D eigenvalue weighted by Gasteiger charge is -2.31. The van der Waals surface area contributed by atoms with E-state index in [0.29, 0.717) is 0 Å². The van der Waals surface area contributed by atoms with Crippen LogP contribution in [0.15, 0.2) is 18.2 Å². The Morgan fingerprint density at radius 1 is 1.29 bits per heavy atom. The molecule has 0 saturated heterocycles. The van der Waals surface area contributed by atoms with Crippen LogP contribution in [0.1, 0.15) is 43.7 Å². The molecular formula is C15H23NO. The molecule has 2 heteroatoms. The van der Waals surface area contributed by atoms with Crippen molar-refractivity contribution in [2.75, 3.05) is 11.4 Å². The van der Waals surface area contributed by atoms with E-state index in [0.717, 1.165) is 18.2 Å². The van der Waals surface area contributed by atoms with Crippen molar-refractivity contribution in [2.24, 2.45) is 0 Å². The van der Waals surface area contributed by atoms with Crippen LogP contribution in [0.3, 0.4) is 0 Å². The lowest BCUT2D eigenvalue weighted by Crippen LogP contribution is -2.33. The summed E-state index contributed by atoms with van der Waals surface area (Å²) < 4.78 is 0. The second-order valence-corrected chi connectivity index (χ2v) is 5.00. The zero-order chi connectivity index (χ0) is 12.3. The van der Waals surface area contributed by atoms with Crippen LogP contribution in [0, 0.1) is 6.92 Å². The summed E-state index contributed by atoms with van der Waals surface area (Å²) in [7, 11) is 0. The molecule has 2 nitrogen and oxygen atoms in total. The summed E-state index contributed by atoms with van der Waals surface area (Å²) in [6.45, 7) is 5.59. The third-order valence-corrected chi connectivity index (χ3v) is 3.86. The molecule has 0 amide bonds. The van der Waals surface area contributed by atoms with Crippen LogP contribution >= 0.6 is 0 Å². The van der Waals surface area contributed by atoms with Gasteiger partial charge in [0.1, 0.15) is 0 Å². The van der Waals surface area contributed by atoms with Gasteiger partial charge in [0.2, 0.25) is 0 Å². The fourth-order valence-corrected chi connectivity index (χ4v) is 2.98. The maximum absolute atomic E-state index is 9.15. The molecule has 0 unspecified atom stereocenters. The molecule has 1 saturated carbocycles. The first-order chi connectivity index (χ1) is 8.26. The summed E-state index contributed by atoms with van der Waals surface area (Å²) in [4.78, 5) is 2.53. The number of benzene rings is 1. The van der Waals surface area contributed by atoms with Gasteiger partial charge < -0.3 is 10.0 Å². The van der Waals surface area contributed by atoms with Gasteiger partial charge in [-0.1, -0.05) is 25.0 Å². The number of aryl methyl sites for hydroxylation is 1. The minimum Gasteiger partial charge on any atom is -0.392 e. The van der Waals surface area contributed by atoms with Gasteiger partial charge in [0, 0.05) is 18.3 Å². The summed E-state index contributed by atoms with van der Waals surface area (Å²) >= 11 is 0. The molecule has 2 rings (SSSR count). The summed E-state index contributed by atoms with van der Waals surface area (Å²) in [5.74, 6) is 0. The first-order valence-corrected chi connectivity index (χ1v) is 6.73. The van der Waals surface area contributed by atoms with Gasteiger partial charge in [0.05, 0.1) is 6.61 Å². The number of aliphatic hydroxyl groups excluding tert-OH is 1. The van der Waals surface area contributed by atoms with Crippen LogP contribution < -0.4 is 4.90 Å². The highest BCUT2D eigenvalue weighted by Gasteiger charge is 2.22. The molecule has 1 aliphatic carbocycles. The van der Waals surface area contributed by atoms with E-state index in [4.69, 9.17) is 5.11 Å². The Labute approximate surface area is 104 Å². The quantitative estimate of drug-likeness (QED) is 0.863. The number of hydrogen-bond acceptors (Lipinski definition) is 2. The molecule has 1 N–H and O–H groups in total. The summed E-state index contributed by atoms with van der Waals surface area (Å²) in [6, 6.07) is 7.04. The molecule has 0 bridgehead atoms. The van der Waals surface area contributed by atoms with Gasteiger partial charge in [0.25, 0.3) is 0 Å². The second-order valence-electron chi connectivity index (χ2n) is 5.00. The van der Waals surface area contributed by atoms with Crippen LogP contribution in [-0.2, 0) is 6.61 Å². The van der Waals surface area contributed by atoms with E-state index in [1.807, 2.05) is 6.07 Å². The van der Waals surface area contributed by atoms with Gasteiger partial charge in [-0.25, -0.2) is 0 Å². The molecule has 0 spiro atoms. The minimum atomic E-state index is 0.136. The van der Waals surface area contributed by atoms with Crippen molar-refractivity contribution in [1.82, 2.24) is 0 Å². The SMILES string of the molecule is CCN(c1ccc(CO)cc1C)C1CCCC1. The van der Waals surface area contributed by atoms with Crippen LogP contribution in [-0.4, -0.2) is 17.7 Å². The topological polar surface area (TPSA) is 23.5 Å². The van der Waals surface area contributed by atoms with Crippen molar-refractivity contribution in [3.05, 3.63) is 29.3 Å². The summed E-state index contributed by atoms with van der Waals surface area (Å²) in [6.07, 6.45) is 5.40. The van der Waals surface area contributed by atoms with Gasteiger partial charge >= 0.3 is 0 Å². The second kappa shape index (κ2) is 5.54. The highest BCUT2D eigenvalue weighted by molar-refractivity contribution is 5.55. The fraction of sp³-hybridized carbons (Fsp3) is 0.600. The van der Waals surface area contributed by atoms with E-state index in [1.165, 1.54) is 36.9 Å². The molecule has 1 fully saturated rings. The Morgan fingerprint density at radius 2 is 2.00 bits per heavy atom. The Balaban J connectivity index is 2.23. The third kappa shape index (κ3) is 2.63. The summed E-state index contributed by atoms with van der Waals surface area (Å²) in [5.41, 5.74) is 3.63.